The number of nitrogens with zero attached hydrogens (tertiary/aromatic N) is 1. The molecule has 4 atom stereocenters. The number of hydrogen-bond donors (Lipinski definition) is 3. The molecule has 2 rings (SSSR count). The van der Waals surface area contributed by atoms with E-state index >= 15 is 0 Å². The zero-order chi connectivity index (χ0) is 14.4. The Balaban J connectivity index is 2.48. The molecule has 7 nitrogen and oxygen atoms in total. The normalized spacial score (nSPS) is 38.6. The molecule has 19 heavy (non-hydrogen) atoms. The lowest BCUT2D eigenvalue weighted by molar-refractivity contribution is -0.235. The summed E-state index contributed by atoms with van der Waals surface area (Å²) in [6.45, 7) is -0.0740. The Morgan fingerprint density at radius 3 is 2.74 bits per heavy atom. The van der Waals surface area contributed by atoms with Gasteiger partial charge in [-0.1, -0.05) is 0 Å². The summed E-state index contributed by atoms with van der Waals surface area (Å²) in [5.41, 5.74) is -3.70. The van der Waals surface area contributed by atoms with E-state index < -0.39 is 40.9 Å². The Morgan fingerprint density at radius 1 is 1.63 bits per heavy atom. The molecular formula is C10H12ClFN2O5. The Morgan fingerprint density at radius 2 is 2.26 bits per heavy atom. The highest BCUT2D eigenvalue weighted by Crippen LogP contribution is 2.47. The van der Waals surface area contributed by atoms with Crippen LogP contribution in [-0.2, 0) is 4.74 Å². The first kappa shape index (κ1) is 14.2. The summed E-state index contributed by atoms with van der Waals surface area (Å²) < 4.78 is 19.9. The molecule has 0 aromatic carbocycles. The smallest absolute Gasteiger partial charge is 0.330 e. The lowest BCUT2D eigenvalue weighted by Gasteiger charge is -2.29. The van der Waals surface area contributed by atoms with Gasteiger partial charge in [0.25, 0.3) is 11.4 Å². The molecule has 1 aliphatic rings. The predicted molar refractivity (Wildman–Crippen MR) is 62.6 cm³/mol. The van der Waals surface area contributed by atoms with E-state index in [2.05, 4.69) is 0 Å². The second-order valence-corrected chi connectivity index (χ2v) is 4.93. The van der Waals surface area contributed by atoms with Gasteiger partial charge >= 0.3 is 5.69 Å². The van der Waals surface area contributed by atoms with E-state index in [1.165, 1.54) is 0 Å². The molecule has 0 aliphatic carbocycles. The average Bonchev–Trinajstić information content (AvgIpc) is 2.51. The van der Waals surface area contributed by atoms with Crippen LogP contribution in [0.1, 0.15) is 13.2 Å². The van der Waals surface area contributed by atoms with Crippen LogP contribution in [0.2, 0.25) is 0 Å². The van der Waals surface area contributed by atoms with Crippen molar-refractivity contribution in [2.24, 2.45) is 0 Å². The zero-order valence-electron chi connectivity index (χ0n) is 9.84. The molecule has 1 aliphatic heterocycles. The molecule has 0 spiro atoms. The molecule has 0 bridgehead atoms. The highest BCUT2D eigenvalue weighted by molar-refractivity contribution is 6.21. The summed E-state index contributed by atoms with van der Waals surface area (Å²) in [6.07, 6.45) is -0.293. The molecule has 2 heterocycles. The van der Waals surface area contributed by atoms with Crippen molar-refractivity contribution in [2.45, 2.75) is 30.0 Å². The minimum Gasteiger partial charge on any atom is -0.390 e. The van der Waals surface area contributed by atoms with Crippen molar-refractivity contribution in [3.63, 3.8) is 0 Å². The number of H-pyrrole nitrogens is 1. The van der Waals surface area contributed by atoms with E-state index in [4.69, 9.17) is 21.4 Å². The van der Waals surface area contributed by atoms with Gasteiger partial charge in [0.2, 0.25) is 0 Å². The fourth-order valence-electron chi connectivity index (χ4n) is 1.88. The molecule has 3 N–H and O–H groups in total. The van der Waals surface area contributed by atoms with E-state index in [1.807, 2.05) is 4.98 Å². The standard InChI is InChI=1S/C10H12ClFN2O5/c1-9(18)6(11)7(19-10(9,12)4-15)14-3-2-5(16)13-8(14)17/h2-3,6-7,15,18H,4H2,1H3,(H,13,16,17)/t6-,7-,9-,10+/m0/s1. The largest absolute Gasteiger partial charge is 0.390 e. The van der Waals surface area contributed by atoms with Crippen molar-refractivity contribution < 1.29 is 19.3 Å². The van der Waals surface area contributed by atoms with E-state index in [-0.39, 0.29) is 0 Å². The minimum absolute atomic E-state index is 0.634. The second kappa shape index (κ2) is 4.41. The van der Waals surface area contributed by atoms with Gasteiger partial charge in [-0.15, -0.1) is 11.6 Å². The van der Waals surface area contributed by atoms with Crippen molar-refractivity contribution in [3.8, 4) is 0 Å². The zero-order valence-corrected chi connectivity index (χ0v) is 10.6. The highest BCUT2D eigenvalue weighted by Gasteiger charge is 2.64. The van der Waals surface area contributed by atoms with Crippen LogP contribution in [0.25, 0.3) is 0 Å². The summed E-state index contributed by atoms with van der Waals surface area (Å²) in [5.74, 6) is -2.81. The minimum atomic E-state index is -2.81. The van der Waals surface area contributed by atoms with Crippen LogP contribution >= 0.6 is 11.6 Å². The van der Waals surface area contributed by atoms with Gasteiger partial charge in [0, 0.05) is 12.3 Å². The molecule has 106 valence electrons. The van der Waals surface area contributed by atoms with Gasteiger partial charge < -0.3 is 14.9 Å². The third-order valence-corrected chi connectivity index (χ3v) is 3.82. The van der Waals surface area contributed by atoms with Crippen molar-refractivity contribution in [1.29, 1.82) is 0 Å². The lowest BCUT2D eigenvalue weighted by atomic mass is 9.95. The van der Waals surface area contributed by atoms with Gasteiger partial charge in [-0.2, -0.15) is 0 Å². The van der Waals surface area contributed by atoms with Gasteiger partial charge in [0.15, 0.2) is 6.23 Å². The quantitative estimate of drug-likeness (QED) is 0.612. The van der Waals surface area contributed by atoms with Gasteiger partial charge in [-0.25, -0.2) is 9.18 Å². The number of rotatable bonds is 2. The first-order chi connectivity index (χ1) is 8.73. The Labute approximate surface area is 111 Å². The monoisotopic (exact) mass is 294 g/mol. The number of aromatic amines is 1. The average molecular weight is 295 g/mol. The summed E-state index contributed by atoms with van der Waals surface area (Å²) >= 11 is 5.90. The molecule has 0 radical (unpaired) electrons. The number of aliphatic hydroxyl groups excluding tert-OH is 1. The number of halogens is 2. The maximum atomic E-state index is 14.2. The van der Waals surface area contributed by atoms with Gasteiger partial charge in [0.1, 0.15) is 17.6 Å². The van der Waals surface area contributed by atoms with Crippen LogP contribution in [0.15, 0.2) is 21.9 Å². The summed E-state index contributed by atoms with van der Waals surface area (Å²) in [7, 11) is 0. The number of hydrogen-bond acceptors (Lipinski definition) is 5. The molecule has 1 fully saturated rings. The van der Waals surface area contributed by atoms with E-state index in [0.717, 1.165) is 23.8 Å². The Hall–Kier alpha value is -1.22. The molecular weight excluding hydrogens is 283 g/mol. The number of aliphatic hydroxyl groups is 2. The Bertz CT molecular complexity index is 597. The van der Waals surface area contributed by atoms with Crippen LogP contribution < -0.4 is 11.2 Å². The second-order valence-electron chi connectivity index (χ2n) is 4.46. The van der Waals surface area contributed by atoms with E-state index in [9.17, 15) is 19.1 Å². The number of aromatic nitrogens is 2. The SMILES string of the molecule is C[C@]1(O)[C@@H](Cl)[C@@H](n2ccc(=O)[nH]c2=O)O[C@]1(F)CO. The molecule has 9 heteroatoms. The molecule has 1 aromatic rings. The number of alkyl halides is 2. The van der Waals surface area contributed by atoms with Crippen LogP contribution in [0, 0.1) is 0 Å². The maximum Gasteiger partial charge on any atom is 0.330 e. The van der Waals surface area contributed by atoms with Crippen molar-refractivity contribution in [1.82, 2.24) is 9.55 Å². The molecule has 1 saturated heterocycles. The molecule has 0 saturated carbocycles. The van der Waals surface area contributed by atoms with Crippen molar-refractivity contribution in [2.75, 3.05) is 6.61 Å². The Kier molecular flexibility index (Phi) is 3.29. The van der Waals surface area contributed by atoms with Crippen LogP contribution in [0.4, 0.5) is 4.39 Å². The summed E-state index contributed by atoms with van der Waals surface area (Å²) in [6, 6.07) is 1.03. The molecule has 1 aromatic heterocycles. The number of ether oxygens (including phenoxy) is 1. The van der Waals surface area contributed by atoms with Crippen LogP contribution in [0.5, 0.6) is 0 Å². The first-order valence-corrected chi connectivity index (χ1v) is 5.82. The van der Waals surface area contributed by atoms with Crippen LogP contribution in [0.3, 0.4) is 0 Å². The predicted octanol–water partition coefficient (Wildman–Crippen LogP) is -0.918. The maximum absolute atomic E-state index is 14.2. The van der Waals surface area contributed by atoms with E-state index in [1.54, 1.807) is 0 Å². The third-order valence-electron chi connectivity index (χ3n) is 3.18. The highest BCUT2D eigenvalue weighted by atomic mass is 35.5. The van der Waals surface area contributed by atoms with Crippen LogP contribution in [-0.4, -0.2) is 43.2 Å². The fourth-order valence-corrected chi connectivity index (χ4v) is 2.21. The van der Waals surface area contributed by atoms with Gasteiger partial charge in [-0.05, 0) is 6.92 Å². The van der Waals surface area contributed by atoms with E-state index in [0.29, 0.717) is 0 Å². The van der Waals surface area contributed by atoms with Gasteiger partial charge in [-0.3, -0.25) is 14.3 Å². The third kappa shape index (κ3) is 2.00. The lowest BCUT2D eigenvalue weighted by Crippen LogP contribution is -2.52. The molecule has 0 unspecified atom stereocenters. The first-order valence-electron chi connectivity index (χ1n) is 5.38. The molecule has 0 amide bonds. The summed E-state index contributed by atoms with van der Waals surface area (Å²) in [5, 5.41) is 17.6. The number of nitrogens with one attached hydrogen (secondary N) is 1. The summed E-state index contributed by atoms with van der Waals surface area (Å²) in [4.78, 5) is 24.5. The van der Waals surface area contributed by atoms with Crippen molar-refractivity contribution >= 4 is 11.6 Å². The topological polar surface area (TPSA) is 105 Å². The van der Waals surface area contributed by atoms with Crippen molar-refractivity contribution in [3.05, 3.63) is 33.1 Å². The van der Waals surface area contributed by atoms with Gasteiger partial charge in [0.05, 0.1) is 0 Å². The fraction of sp³-hybridized carbons (Fsp3) is 0.600.